The highest BCUT2D eigenvalue weighted by Gasteiger charge is 2.30. The molecule has 1 fully saturated rings. The van der Waals surface area contributed by atoms with Crippen molar-refractivity contribution in [3.05, 3.63) is 52.5 Å². The van der Waals surface area contributed by atoms with Crippen LogP contribution in [-0.2, 0) is 11.3 Å². The standard InChI is InChI=1S/C14H14N2OS/c17-14-6-12(11-4-2-1-3-5-11)7-16(14)8-13-9-18-10-15-13/h1-5,9-10,12H,6-8H2/t12-/m1/s1. The lowest BCUT2D eigenvalue weighted by Gasteiger charge is -2.15. The van der Waals surface area contributed by atoms with Crippen LogP contribution in [0.3, 0.4) is 0 Å². The normalized spacial score (nSPS) is 19.4. The molecule has 1 amide bonds. The van der Waals surface area contributed by atoms with Gasteiger partial charge in [-0.2, -0.15) is 0 Å². The number of nitrogens with zero attached hydrogens (tertiary/aromatic N) is 2. The first-order valence-corrected chi connectivity index (χ1v) is 6.97. The molecule has 2 aromatic rings. The van der Waals surface area contributed by atoms with Crippen LogP contribution in [0.4, 0.5) is 0 Å². The van der Waals surface area contributed by atoms with Gasteiger partial charge in [-0.15, -0.1) is 11.3 Å². The topological polar surface area (TPSA) is 33.2 Å². The van der Waals surface area contributed by atoms with Crippen LogP contribution < -0.4 is 0 Å². The number of thiazole rings is 1. The highest BCUT2D eigenvalue weighted by atomic mass is 32.1. The number of likely N-dealkylation sites (tertiary alicyclic amines) is 1. The van der Waals surface area contributed by atoms with Crippen molar-refractivity contribution in [2.75, 3.05) is 6.54 Å². The van der Waals surface area contributed by atoms with Gasteiger partial charge in [0.05, 0.1) is 17.7 Å². The number of amides is 1. The fourth-order valence-electron chi connectivity index (χ4n) is 2.38. The zero-order chi connectivity index (χ0) is 12.4. The molecular weight excluding hydrogens is 244 g/mol. The summed E-state index contributed by atoms with van der Waals surface area (Å²) in [5, 5.41) is 2.00. The molecule has 0 unspecified atom stereocenters. The molecule has 2 heterocycles. The Labute approximate surface area is 110 Å². The molecule has 0 spiro atoms. The van der Waals surface area contributed by atoms with Gasteiger partial charge in [0.25, 0.3) is 0 Å². The van der Waals surface area contributed by atoms with Crippen molar-refractivity contribution >= 4 is 17.2 Å². The van der Waals surface area contributed by atoms with Gasteiger partial charge in [0.15, 0.2) is 0 Å². The summed E-state index contributed by atoms with van der Waals surface area (Å²) in [7, 11) is 0. The Morgan fingerprint density at radius 2 is 2.17 bits per heavy atom. The second-order valence-corrected chi connectivity index (χ2v) is 5.28. The first-order valence-electron chi connectivity index (χ1n) is 6.03. The predicted octanol–water partition coefficient (Wildman–Crippen LogP) is 2.66. The van der Waals surface area contributed by atoms with Crippen LogP contribution in [0.25, 0.3) is 0 Å². The maximum absolute atomic E-state index is 12.0. The molecule has 1 saturated heterocycles. The van der Waals surface area contributed by atoms with E-state index in [0.717, 1.165) is 12.2 Å². The first kappa shape index (κ1) is 11.4. The minimum Gasteiger partial charge on any atom is -0.336 e. The fraction of sp³-hybridized carbons (Fsp3) is 0.286. The van der Waals surface area contributed by atoms with Gasteiger partial charge in [0.2, 0.25) is 5.91 Å². The molecule has 1 aliphatic heterocycles. The zero-order valence-electron chi connectivity index (χ0n) is 9.95. The lowest BCUT2D eigenvalue weighted by molar-refractivity contribution is -0.128. The van der Waals surface area contributed by atoms with Crippen molar-refractivity contribution in [2.24, 2.45) is 0 Å². The number of hydrogen-bond donors (Lipinski definition) is 0. The predicted molar refractivity (Wildman–Crippen MR) is 71.3 cm³/mol. The van der Waals surface area contributed by atoms with Crippen molar-refractivity contribution in [3.8, 4) is 0 Å². The number of rotatable bonds is 3. The van der Waals surface area contributed by atoms with E-state index >= 15 is 0 Å². The largest absolute Gasteiger partial charge is 0.336 e. The van der Waals surface area contributed by atoms with E-state index in [0.29, 0.717) is 18.9 Å². The Morgan fingerprint density at radius 3 is 2.89 bits per heavy atom. The second-order valence-electron chi connectivity index (χ2n) is 4.57. The van der Waals surface area contributed by atoms with E-state index in [-0.39, 0.29) is 5.91 Å². The van der Waals surface area contributed by atoms with Crippen molar-refractivity contribution in [1.82, 2.24) is 9.88 Å². The molecular formula is C14H14N2OS. The third-order valence-electron chi connectivity index (χ3n) is 3.32. The molecule has 1 aromatic carbocycles. The SMILES string of the molecule is O=C1C[C@@H](c2ccccc2)CN1Cc1cscn1. The molecule has 0 saturated carbocycles. The highest BCUT2D eigenvalue weighted by Crippen LogP contribution is 2.28. The Hall–Kier alpha value is -1.68. The Kier molecular flexibility index (Phi) is 3.11. The third-order valence-corrected chi connectivity index (χ3v) is 3.96. The molecule has 3 rings (SSSR count). The summed E-state index contributed by atoms with van der Waals surface area (Å²) in [6, 6.07) is 10.3. The molecule has 92 valence electrons. The van der Waals surface area contributed by atoms with Crippen LogP contribution in [0.2, 0.25) is 0 Å². The molecule has 1 aromatic heterocycles. The molecule has 0 bridgehead atoms. The Bertz CT molecular complexity index is 524. The maximum atomic E-state index is 12.0. The minimum absolute atomic E-state index is 0.233. The maximum Gasteiger partial charge on any atom is 0.223 e. The number of aromatic nitrogens is 1. The van der Waals surface area contributed by atoms with E-state index in [1.165, 1.54) is 5.56 Å². The highest BCUT2D eigenvalue weighted by molar-refractivity contribution is 7.07. The lowest BCUT2D eigenvalue weighted by atomic mass is 9.99. The number of carbonyl (C=O) groups is 1. The van der Waals surface area contributed by atoms with Gasteiger partial charge >= 0.3 is 0 Å². The van der Waals surface area contributed by atoms with Crippen molar-refractivity contribution in [2.45, 2.75) is 18.9 Å². The summed E-state index contributed by atoms with van der Waals surface area (Å²) in [5.41, 5.74) is 4.05. The summed E-state index contributed by atoms with van der Waals surface area (Å²) in [5.74, 6) is 0.564. The second kappa shape index (κ2) is 4.90. The summed E-state index contributed by atoms with van der Waals surface area (Å²) < 4.78 is 0. The molecule has 18 heavy (non-hydrogen) atoms. The van der Waals surface area contributed by atoms with Crippen molar-refractivity contribution < 1.29 is 4.79 Å². The van der Waals surface area contributed by atoms with Gasteiger partial charge in [0.1, 0.15) is 0 Å². The smallest absolute Gasteiger partial charge is 0.223 e. The average Bonchev–Trinajstić information content (AvgIpc) is 3.02. The summed E-state index contributed by atoms with van der Waals surface area (Å²) in [6.45, 7) is 1.45. The van der Waals surface area contributed by atoms with Crippen LogP contribution in [0, 0.1) is 0 Å². The lowest BCUT2D eigenvalue weighted by Crippen LogP contribution is -2.24. The van der Waals surface area contributed by atoms with Gasteiger partial charge in [0, 0.05) is 24.3 Å². The zero-order valence-corrected chi connectivity index (χ0v) is 10.8. The van der Waals surface area contributed by atoms with E-state index in [4.69, 9.17) is 0 Å². The summed E-state index contributed by atoms with van der Waals surface area (Å²) in [4.78, 5) is 18.1. The third kappa shape index (κ3) is 2.29. The number of carbonyl (C=O) groups excluding carboxylic acids is 1. The summed E-state index contributed by atoms with van der Waals surface area (Å²) >= 11 is 1.57. The van der Waals surface area contributed by atoms with E-state index in [9.17, 15) is 4.79 Å². The molecule has 0 radical (unpaired) electrons. The average molecular weight is 258 g/mol. The molecule has 1 atom stereocenters. The molecule has 4 heteroatoms. The van der Waals surface area contributed by atoms with E-state index in [1.54, 1.807) is 11.3 Å². The minimum atomic E-state index is 0.233. The van der Waals surface area contributed by atoms with E-state index in [1.807, 2.05) is 34.0 Å². The number of hydrogen-bond acceptors (Lipinski definition) is 3. The Morgan fingerprint density at radius 1 is 1.33 bits per heavy atom. The van der Waals surface area contributed by atoms with Crippen LogP contribution in [0.15, 0.2) is 41.2 Å². The van der Waals surface area contributed by atoms with Gasteiger partial charge in [-0.1, -0.05) is 30.3 Å². The quantitative estimate of drug-likeness (QED) is 0.848. The molecule has 0 N–H and O–H groups in total. The van der Waals surface area contributed by atoms with Gasteiger partial charge in [-0.05, 0) is 5.56 Å². The first-order chi connectivity index (χ1) is 8.83. The number of benzene rings is 1. The molecule has 0 aliphatic carbocycles. The van der Waals surface area contributed by atoms with Crippen LogP contribution >= 0.6 is 11.3 Å². The monoisotopic (exact) mass is 258 g/mol. The molecule has 3 nitrogen and oxygen atoms in total. The Balaban J connectivity index is 1.71. The van der Waals surface area contributed by atoms with E-state index < -0.39 is 0 Å². The summed E-state index contributed by atoms with van der Waals surface area (Å²) in [6.07, 6.45) is 0.619. The van der Waals surface area contributed by atoms with Crippen LogP contribution in [-0.4, -0.2) is 22.3 Å². The van der Waals surface area contributed by atoms with Gasteiger partial charge < -0.3 is 4.90 Å². The van der Waals surface area contributed by atoms with Crippen molar-refractivity contribution in [1.29, 1.82) is 0 Å². The fourth-order valence-corrected chi connectivity index (χ4v) is 2.93. The van der Waals surface area contributed by atoms with Gasteiger partial charge in [-0.3, -0.25) is 4.79 Å². The van der Waals surface area contributed by atoms with Gasteiger partial charge in [-0.25, -0.2) is 4.98 Å². The van der Waals surface area contributed by atoms with Crippen LogP contribution in [0.5, 0.6) is 0 Å². The van der Waals surface area contributed by atoms with Crippen LogP contribution in [0.1, 0.15) is 23.6 Å². The van der Waals surface area contributed by atoms with Crippen molar-refractivity contribution in [3.63, 3.8) is 0 Å². The molecule has 1 aliphatic rings. The van der Waals surface area contributed by atoms with E-state index in [2.05, 4.69) is 17.1 Å².